The van der Waals surface area contributed by atoms with Gasteiger partial charge in [-0.3, -0.25) is 33.4 Å². The third kappa shape index (κ3) is 3.80. The molecule has 220 valence electrons. The van der Waals surface area contributed by atoms with Crippen molar-refractivity contribution >= 4 is 35.4 Å². The van der Waals surface area contributed by atoms with E-state index in [1.54, 1.807) is 33.1 Å². The molecular formula is C29H30N4O9. The fourth-order valence-corrected chi connectivity index (χ4v) is 6.61. The van der Waals surface area contributed by atoms with Crippen molar-refractivity contribution in [3.8, 4) is 5.75 Å². The van der Waals surface area contributed by atoms with E-state index in [0.29, 0.717) is 17.5 Å². The molecular weight excluding hydrogens is 548 g/mol. The van der Waals surface area contributed by atoms with E-state index < -0.39 is 69.7 Å². The molecule has 42 heavy (non-hydrogen) atoms. The zero-order valence-electron chi connectivity index (χ0n) is 23.3. The number of amides is 1. The molecule has 0 spiro atoms. The summed E-state index contributed by atoms with van der Waals surface area (Å²) < 4.78 is 1.08. The number of carbonyl (C=O) groups is 5. The van der Waals surface area contributed by atoms with Gasteiger partial charge in [-0.1, -0.05) is 0 Å². The van der Waals surface area contributed by atoms with Crippen LogP contribution in [0.3, 0.4) is 0 Å². The number of rotatable bonds is 5. The Balaban J connectivity index is 1.73. The minimum atomic E-state index is -2.77. The van der Waals surface area contributed by atoms with Gasteiger partial charge in [0.2, 0.25) is 5.78 Å². The van der Waals surface area contributed by atoms with Crippen LogP contribution in [0.15, 0.2) is 47.2 Å². The van der Waals surface area contributed by atoms with Gasteiger partial charge >= 0.3 is 0 Å². The molecule has 0 saturated heterocycles. The number of benzene rings is 1. The molecule has 0 aliphatic heterocycles. The lowest BCUT2D eigenvalue weighted by atomic mass is 9.58. The second-order valence-corrected chi connectivity index (χ2v) is 11.3. The third-order valence-electron chi connectivity index (χ3n) is 8.50. The number of aliphatic hydroxyl groups is 3. The molecule has 1 amide bonds. The van der Waals surface area contributed by atoms with Crippen LogP contribution in [-0.4, -0.2) is 99.4 Å². The molecule has 1 aromatic carbocycles. The Labute approximate surface area is 239 Å². The molecule has 0 radical (unpaired) electrons. The Morgan fingerprint density at radius 2 is 1.81 bits per heavy atom. The topological polar surface area (TPSA) is 204 Å². The highest BCUT2D eigenvalue weighted by Gasteiger charge is 2.63. The Hall–Kier alpha value is -4.75. The molecule has 2 aromatic rings. The molecule has 4 atom stereocenters. The number of anilines is 1. The van der Waals surface area contributed by atoms with E-state index >= 15 is 0 Å². The maximum atomic E-state index is 14.1. The number of phenols is 1. The monoisotopic (exact) mass is 578 g/mol. The summed E-state index contributed by atoms with van der Waals surface area (Å²) in [4.78, 5) is 67.3. The fourth-order valence-electron chi connectivity index (χ4n) is 6.61. The van der Waals surface area contributed by atoms with Gasteiger partial charge in [0.05, 0.1) is 17.2 Å². The largest absolute Gasteiger partial charge is 0.510 e. The number of hydrogen-bond donors (Lipinski definition) is 5. The minimum absolute atomic E-state index is 0.0576. The normalized spacial score (nSPS) is 25.2. The number of allylic oxidation sites excluding steroid dienone is 1. The average molecular weight is 579 g/mol. The van der Waals surface area contributed by atoms with E-state index in [0.717, 1.165) is 4.57 Å². The first-order valence-electron chi connectivity index (χ1n) is 13.1. The van der Waals surface area contributed by atoms with E-state index in [1.165, 1.54) is 29.4 Å². The average Bonchev–Trinajstić information content (AvgIpc) is 3.39. The molecule has 0 fully saturated rings. The van der Waals surface area contributed by atoms with E-state index in [4.69, 9.17) is 5.73 Å². The van der Waals surface area contributed by atoms with Gasteiger partial charge in [-0.25, -0.2) is 0 Å². The molecule has 13 nitrogen and oxygen atoms in total. The van der Waals surface area contributed by atoms with Gasteiger partial charge in [0.25, 0.3) is 11.8 Å². The minimum Gasteiger partial charge on any atom is -0.510 e. The summed E-state index contributed by atoms with van der Waals surface area (Å²) in [5.74, 6) is -8.50. The number of carbonyl (C=O) groups excluding carboxylic acids is 5. The van der Waals surface area contributed by atoms with Crippen molar-refractivity contribution in [2.75, 3.05) is 33.1 Å². The highest BCUT2D eigenvalue weighted by molar-refractivity contribution is 6.25. The van der Waals surface area contributed by atoms with Crippen molar-refractivity contribution in [3.63, 3.8) is 0 Å². The quantitative estimate of drug-likeness (QED) is 0.244. The van der Waals surface area contributed by atoms with Gasteiger partial charge in [0, 0.05) is 49.2 Å². The summed E-state index contributed by atoms with van der Waals surface area (Å²) in [5.41, 5.74) is 1.87. The molecule has 13 heteroatoms. The van der Waals surface area contributed by atoms with Crippen LogP contribution < -0.4 is 10.6 Å². The molecule has 1 heterocycles. The van der Waals surface area contributed by atoms with E-state index in [2.05, 4.69) is 0 Å². The number of aldehydes is 1. The maximum Gasteiger partial charge on any atom is 0.265 e. The lowest BCUT2D eigenvalue weighted by Crippen LogP contribution is -2.63. The Kier molecular flexibility index (Phi) is 6.62. The number of aromatic nitrogens is 1. The second kappa shape index (κ2) is 9.67. The first-order chi connectivity index (χ1) is 19.7. The SMILES string of the molecule is CN(C)c1cc(C(=O)n2ccc(C=O)c2)c(O)c2c1C[C@H]1C[C@H]3[C@H](N(C)C)C(O)=C(C(N)=O)C(=O)[C@@]3(O)C(O)=C1C2=O. The van der Waals surface area contributed by atoms with E-state index in [-0.39, 0.29) is 35.1 Å². The van der Waals surface area contributed by atoms with Gasteiger partial charge in [-0.05, 0) is 50.6 Å². The zero-order chi connectivity index (χ0) is 31.0. The molecule has 5 rings (SSSR count). The number of fused-ring (bicyclic) bond motifs is 3. The van der Waals surface area contributed by atoms with Gasteiger partial charge in [-0.15, -0.1) is 0 Å². The van der Waals surface area contributed by atoms with Crippen LogP contribution >= 0.6 is 0 Å². The Morgan fingerprint density at radius 1 is 1.14 bits per heavy atom. The summed E-state index contributed by atoms with van der Waals surface area (Å²) in [7, 11) is 6.47. The summed E-state index contributed by atoms with van der Waals surface area (Å²) in [6.45, 7) is 0. The van der Waals surface area contributed by atoms with Crippen molar-refractivity contribution in [2.24, 2.45) is 17.6 Å². The predicted molar refractivity (Wildman–Crippen MR) is 148 cm³/mol. The number of Topliss-reactive ketones (excluding diaryl/α,β-unsaturated/α-hetero) is 2. The van der Waals surface area contributed by atoms with Crippen LogP contribution in [0.2, 0.25) is 0 Å². The highest BCUT2D eigenvalue weighted by atomic mass is 16.3. The molecule has 3 aliphatic carbocycles. The second-order valence-electron chi connectivity index (χ2n) is 11.3. The molecule has 0 unspecified atom stereocenters. The molecule has 1 aromatic heterocycles. The number of aliphatic hydroxyl groups excluding tert-OH is 2. The maximum absolute atomic E-state index is 14.1. The van der Waals surface area contributed by atoms with Crippen LogP contribution in [-0.2, 0) is 16.0 Å². The van der Waals surface area contributed by atoms with Gasteiger partial charge in [0.1, 0.15) is 22.8 Å². The highest BCUT2D eigenvalue weighted by Crippen LogP contribution is 2.53. The number of nitrogens with two attached hydrogens (primary N) is 1. The predicted octanol–water partition coefficient (Wildman–Crippen LogP) is 0.489. The van der Waals surface area contributed by atoms with Gasteiger partial charge < -0.3 is 31.1 Å². The van der Waals surface area contributed by atoms with Crippen molar-refractivity contribution in [1.82, 2.24) is 9.47 Å². The number of hydrogen-bond acceptors (Lipinski definition) is 11. The summed E-state index contributed by atoms with van der Waals surface area (Å²) in [5, 5.41) is 45.4. The summed E-state index contributed by atoms with van der Waals surface area (Å²) in [6, 6.07) is 1.73. The Morgan fingerprint density at radius 3 is 2.36 bits per heavy atom. The van der Waals surface area contributed by atoms with Crippen molar-refractivity contribution in [1.29, 1.82) is 0 Å². The lowest BCUT2D eigenvalue weighted by Gasteiger charge is -2.50. The smallest absolute Gasteiger partial charge is 0.265 e. The lowest BCUT2D eigenvalue weighted by molar-refractivity contribution is -0.148. The standard InChI is InChI=1S/C29H30N4O9/c1-31(2)17-9-15(28(41)33-6-5-12(10-33)11-34)22(35)19-14(17)7-13-8-16-21(32(3)4)24(37)20(27(30)40)26(39)29(16,42)25(38)18(13)23(19)36/h5-6,9-11,13,16,21,35,37-38,42H,7-8H2,1-4H3,(H2,30,40)/t13-,16-,21-,29-/m0/s1. The van der Waals surface area contributed by atoms with Crippen molar-refractivity contribution < 1.29 is 44.4 Å². The zero-order valence-corrected chi connectivity index (χ0v) is 23.3. The number of nitrogens with zero attached hydrogens (tertiary/aromatic N) is 3. The van der Waals surface area contributed by atoms with E-state index in [9.17, 15) is 44.4 Å². The summed E-state index contributed by atoms with van der Waals surface area (Å²) in [6.07, 6.45) is 3.16. The van der Waals surface area contributed by atoms with Crippen LogP contribution in [0.1, 0.15) is 43.1 Å². The number of phenolic OH excluding ortho intramolecular Hbond substituents is 1. The van der Waals surface area contributed by atoms with Crippen LogP contribution in [0, 0.1) is 11.8 Å². The molecule has 0 bridgehead atoms. The number of likely N-dealkylation sites (N-methyl/N-ethyl adjacent to an activating group) is 1. The van der Waals surface area contributed by atoms with Crippen molar-refractivity contribution in [2.45, 2.75) is 24.5 Å². The van der Waals surface area contributed by atoms with Crippen LogP contribution in [0.25, 0.3) is 0 Å². The van der Waals surface area contributed by atoms with Crippen LogP contribution in [0.5, 0.6) is 5.75 Å². The van der Waals surface area contributed by atoms with Gasteiger partial charge in [0.15, 0.2) is 17.7 Å². The van der Waals surface area contributed by atoms with Gasteiger partial charge in [-0.2, -0.15) is 0 Å². The number of ketones is 2. The first-order valence-corrected chi connectivity index (χ1v) is 13.1. The third-order valence-corrected chi connectivity index (χ3v) is 8.50. The molecule has 0 saturated carbocycles. The first kappa shape index (κ1) is 28.8. The number of primary amides is 1. The molecule has 6 N–H and O–H groups in total. The van der Waals surface area contributed by atoms with Crippen molar-refractivity contribution in [3.05, 3.63) is 69.4 Å². The van der Waals surface area contributed by atoms with Crippen LogP contribution in [0.4, 0.5) is 5.69 Å². The van der Waals surface area contributed by atoms with E-state index in [1.807, 2.05) is 0 Å². The summed E-state index contributed by atoms with van der Waals surface area (Å²) >= 11 is 0. The Bertz CT molecular complexity index is 1660. The number of aromatic hydroxyl groups is 1. The fraction of sp³-hybridized carbons (Fsp3) is 0.345. The molecule has 3 aliphatic rings.